The molecule has 0 radical (unpaired) electrons. The van der Waals surface area contributed by atoms with Crippen LogP contribution in [0.5, 0.6) is 11.8 Å². The molecule has 2 aliphatic heterocycles. The number of rotatable bonds is 14. The van der Waals surface area contributed by atoms with Crippen molar-refractivity contribution in [2.75, 3.05) is 23.7 Å². The Labute approximate surface area is 548 Å². The molecule has 2 saturated heterocycles. The third kappa shape index (κ3) is 18.1. The summed E-state index contributed by atoms with van der Waals surface area (Å²) in [6, 6.07) is 19.2. The smallest absolute Gasteiger partial charge is 0.480 e. The molecule has 4 atom stereocenters. The lowest BCUT2D eigenvalue weighted by atomic mass is 10.0. The number of hydrogen-bond acceptors (Lipinski definition) is 19. The Morgan fingerprint density at radius 1 is 0.649 bits per heavy atom. The predicted octanol–water partition coefficient (Wildman–Crippen LogP) is 8.64. The maximum Gasteiger partial charge on any atom is 0.574 e. The number of fused-ring (bicyclic) bond motifs is 4. The lowest BCUT2D eigenvalue weighted by Crippen LogP contribution is -2.44. The van der Waals surface area contributed by atoms with Crippen LogP contribution in [0.25, 0.3) is 55.4 Å². The fraction of sp³-hybridized carbons (Fsp3) is 0.263. The highest BCUT2D eigenvalue weighted by Gasteiger charge is 2.41. The molecule has 496 valence electrons. The number of ketones is 2. The number of carboxylic acids is 1. The minimum Gasteiger partial charge on any atom is -0.480 e. The van der Waals surface area contributed by atoms with E-state index in [0.717, 1.165) is 44.9 Å². The molecule has 37 heteroatoms. The van der Waals surface area contributed by atoms with Gasteiger partial charge in [0.25, 0.3) is 0 Å². The summed E-state index contributed by atoms with van der Waals surface area (Å²) in [6.07, 6.45) is -2.48. The zero-order valence-corrected chi connectivity index (χ0v) is 51.3. The van der Waals surface area contributed by atoms with Crippen molar-refractivity contribution in [2.45, 2.75) is 84.4 Å². The molecule has 2 aromatic carbocycles. The molecular formula is C57H53ClF8N16O9S3. The van der Waals surface area contributed by atoms with Crippen LogP contribution in [0.15, 0.2) is 122 Å². The minimum atomic E-state index is -4.99. The molecule has 0 spiro atoms. The van der Waals surface area contributed by atoms with Crippen LogP contribution >= 0.6 is 25.9 Å². The van der Waals surface area contributed by atoms with Crippen molar-refractivity contribution >= 4 is 128 Å². The number of nitrogens with zero attached hydrogens (tertiary/aromatic N) is 13. The van der Waals surface area contributed by atoms with Gasteiger partial charge in [-0.2, -0.15) is 43.9 Å². The third-order valence-electron chi connectivity index (χ3n) is 13.6. The lowest BCUT2D eigenvalue weighted by Gasteiger charge is -2.23. The molecule has 10 aromatic rings. The van der Waals surface area contributed by atoms with Crippen molar-refractivity contribution in [2.24, 2.45) is 0 Å². The zero-order valence-electron chi connectivity index (χ0n) is 47.9. The Balaban J connectivity index is 0.000000238. The van der Waals surface area contributed by atoms with Crippen LogP contribution in [-0.2, 0) is 54.6 Å². The molecule has 0 saturated carbocycles. The molecule has 0 unspecified atom stereocenters. The number of aliphatic carboxylic acids is 1. The molecule has 3 amide bonds. The van der Waals surface area contributed by atoms with Gasteiger partial charge in [-0.15, -0.1) is 38.7 Å². The Morgan fingerprint density at radius 3 is 1.55 bits per heavy atom. The third-order valence-corrected chi connectivity index (χ3v) is 13.6. The first-order chi connectivity index (χ1) is 43.3. The molecular weight excluding hydrogens is 1340 g/mol. The number of amides is 3. The van der Waals surface area contributed by atoms with Crippen molar-refractivity contribution in [3.63, 3.8) is 0 Å². The van der Waals surface area contributed by atoms with Crippen molar-refractivity contribution in [1.82, 2.24) is 68.9 Å². The van der Waals surface area contributed by atoms with E-state index in [2.05, 4.69) is 88.1 Å². The van der Waals surface area contributed by atoms with Crippen molar-refractivity contribution < 1.29 is 78.5 Å². The van der Waals surface area contributed by atoms with E-state index in [1.54, 1.807) is 76.4 Å². The van der Waals surface area contributed by atoms with Crippen LogP contribution in [0.1, 0.15) is 55.1 Å². The van der Waals surface area contributed by atoms with E-state index < -0.39 is 79.1 Å². The van der Waals surface area contributed by atoms with Crippen LogP contribution in [0.2, 0.25) is 0 Å². The zero-order chi connectivity index (χ0) is 65.5. The number of anilines is 2. The van der Waals surface area contributed by atoms with Gasteiger partial charge in [-0.1, -0.05) is 31.7 Å². The number of carbonyl (C=O) groups excluding carboxylic acids is 5. The summed E-state index contributed by atoms with van der Waals surface area (Å²) < 4.78 is 114. The second-order valence-corrected chi connectivity index (χ2v) is 19.9. The number of carbonyl (C=O) groups is 6. The van der Waals surface area contributed by atoms with Crippen molar-refractivity contribution in [3.8, 4) is 34.0 Å². The SMILES string of the molecule is C.CC(=O)c1nn(CC(=O)N2C[C@H](F)C[C@H]2C(=O)Nc2cccc(OC(F)(F)F)n2)c2ccc(-c3cnc4ccnn4c3)cc12.CC(=O)c1nn(CC(=O)O)c2ccc(-c3cnc4ccnn4c3)cc12.Cl.O=C(Nc1cccc(OC(F)(F)F)n1)[C@@H]1C[C@@H](F)CN1.S.S=S. The first kappa shape index (κ1) is 73.3. The molecule has 4 N–H and O–H groups in total. The van der Waals surface area contributed by atoms with Crippen molar-refractivity contribution in [1.29, 1.82) is 0 Å². The Hall–Kier alpha value is -9.78. The molecule has 12 rings (SSSR count). The highest BCUT2D eigenvalue weighted by Crippen LogP contribution is 2.31. The molecule has 8 aromatic heterocycles. The number of ether oxygens (including phenoxy) is 2. The minimum absolute atomic E-state index is 0. The van der Waals surface area contributed by atoms with Crippen LogP contribution in [0.4, 0.5) is 46.8 Å². The summed E-state index contributed by atoms with van der Waals surface area (Å²) in [5.74, 6) is -5.46. The van der Waals surface area contributed by atoms with Crippen LogP contribution in [0, 0.1) is 0 Å². The largest absolute Gasteiger partial charge is 0.574 e. The van der Waals surface area contributed by atoms with Gasteiger partial charge in [0, 0.05) is 127 Å². The summed E-state index contributed by atoms with van der Waals surface area (Å²) in [4.78, 5) is 90.3. The van der Waals surface area contributed by atoms with E-state index in [4.69, 9.17) is 5.11 Å². The highest BCUT2D eigenvalue weighted by molar-refractivity contribution is 8.07. The Morgan fingerprint density at radius 2 is 1.12 bits per heavy atom. The summed E-state index contributed by atoms with van der Waals surface area (Å²) in [6.45, 7) is 1.74. The molecule has 2 aliphatic rings. The molecule has 0 aliphatic carbocycles. The topological polar surface area (TPSA) is 302 Å². The van der Waals surface area contributed by atoms with Gasteiger partial charge < -0.3 is 35.4 Å². The summed E-state index contributed by atoms with van der Waals surface area (Å²) in [5, 5.41) is 34.3. The monoisotopic (exact) mass is 1390 g/mol. The number of carboxylic acid groups (broad SMARTS) is 1. The number of benzene rings is 2. The van der Waals surface area contributed by atoms with Crippen molar-refractivity contribution in [3.05, 3.63) is 133 Å². The van der Waals surface area contributed by atoms with Gasteiger partial charge in [-0.3, -0.25) is 38.1 Å². The van der Waals surface area contributed by atoms with Crippen LogP contribution in [0.3, 0.4) is 0 Å². The van der Waals surface area contributed by atoms with E-state index in [1.807, 2.05) is 18.3 Å². The molecule has 10 heterocycles. The summed E-state index contributed by atoms with van der Waals surface area (Å²) in [7, 11) is 0. The number of halogens is 9. The Kier molecular flexibility index (Phi) is 24.3. The fourth-order valence-corrected chi connectivity index (χ4v) is 9.69. The quantitative estimate of drug-likeness (QED) is 0.0584. The van der Waals surface area contributed by atoms with Gasteiger partial charge in [-0.25, -0.2) is 27.8 Å². The predicted molar refractivity (Wildman–Crippen MR) is 336 cm³/mol. The van der Waals surface area contributed by atoms with E-state index in [1.165, 1.54) is 47.5 Å². The van der Waals surface area contributed by atoms with Crippen LogP contribution in [-0.4, -0.2) is 154 Å². The molecule has 2 fully saturated rings. The number of pyridine rings is 2. The first-order valence-electron chi connectivity index (χ1n) is 26.7. The number of hydrogen-bond donors (Lipinski definition) is 4. The second kappa shape index (κ2) is 31.2. The fourth-order valence-electron chi connectivity index (χ4n) is 9.69. The van der Waals surface area contributed by atoms with E-state index >= 15 is 0 Å². The van der Waals surface area contributed by atoms with Gasteiger partial charge in [0.15, 0.2) is 22.9 Å². The maximum absolute atomic E-state index is 14.5. The Bertz CT molecular complexity index is 4400. The lowest BCUT2D eigenvalue weighted by molar-refractivity contribution is -0.277. The van der Waals surface area contributed by atoms with Gasteiger partial charge in [0.1, 0.15) is 54.5 Å². The average molecular weight is 1390 g/mol. The summed E-state index contributed by atoms with van der Waals surface area (Å²) >= 11 is 7.33. The standard InChI is InChI=1S/C28H22F4N8O4.C17H13N5O3.C11H11F4N3O2.CH4.ClH.S2.H2S/c1-15(41)26-19-9-16(17-11-33-23-7-8-34-40(23)12-17)5-6-20(19)39(37-26)14-25(42)38-13-18(29)10-21(38)27(43)36-22-3-2-4-24(35-22)44-28(30,31)32;1-10(23)17-13-6-11(2-3-14(13)21(20-17)9-16(24)25)12-7-18-15-4-5-19-22(15)8-12;12-6-4-7(16-5-6)10(19)18-8-2-1-3-9(17-8)20-11(13,14)15;;;1-2;/h2-9,11-12,18,21H,10,13-14H2,1H3,(H,35,36,43);2-8H,9H2,1H3,(H,24,25);1-3,6-7,16H,4-5H2,(H,17,18,19);1H4;1H;;1H2/t18-,21+;;6-,7+;;;;/m1.1..../s1. The van der Waals surface area contributed by atoms with Gasteiger partial charge in [0.2, 0.25) is 29.5 Å². The molecule has 0 bridgehead atoms. The first-order valence-corrected chi connectivity index (χ1v) is 28.0. The number of likely N-dealkylation sites (tertiary alicyclic amines) is 1. The highest BCUT2D eigenvalue weighted by atomic mass is 35.5. The normalized spacial score (nSPS) is 15.7. The van der Waals surface area contributed by atoms with E-state index in [9.17, 15) is 63.9 Å². The number of aromatic nitrogens is 12. The molecule has 94 heavy (non-hydrogen) atoms. The van der Waals surface area contributed by atoms with E-state index in [0.29, 0.717) is 27.5 Å². The summed E-state index contributed by atoms with van der Waals surface area (Å²) in [5.41, 5.74) is 5.97. The maximum atomic E-state index is 14.5. The van der Waals surface area contributed by atoms with E-state index in [-0.39, 0.29) is 100 Å². The number of Topliss-reactive ketones (excluding diaryl/α,β-unsaturated/α-hetero) is 2. The number of nitrogens with one attached hydrogen (secondary N) is 3. The second-order valence-electron chi connectivity index (χ2n) is 19.9. The van der Waals surface area contributed by atoms with Crippen LogP contribution < -0.4 is 25.4 Å². The number of alkyl halides is 8. The average Bonchev–Trinajstić information content (AvgIpc) is 1.62. The van der Waals surface area contributed by atoms with Gasteiger partial charge in [0.05, 0.1) is 36.0 Å². The van der Waals surface area contributed by atoms with Gasteiger partial charge >= 0.3 is 18.7 Å². The van der Waals surface area contributed by atoms with Gasteiger partial charge in [-0.05, 0) is 47.5 Å². The molecule has 25 nitrogen and oxygen atoms in total.